The van der Waals surface area contributed by atoms with Crippen molar-refractivity contribution in [1.82, 2.24) is 10.2 Å². The fraction of sp³-hybridized carbons (Fsp3) is 0.300. The molecular formula is C20H22N2O3. The number of rotatable bonds is 6. The zero-order chi connectivity index (χ0) is 17.5. The van der Waals surface area contributed by atoms with Gasteiger partial charge in [-0.05, 0) is 42.7 Å². The maximum Gasteiger partial charge on any atom is 0.251 e. The summed E-state index contributed by atoms with van der Waals surface area (Å²) >= 11 is 0. The Morgan fingerprint density at radius 2 is 1.64 bits per heavy atom. The van der Waals surface area contributed by atoms with E-state index in [2.05, 4.69) is 5.32 Å². The number of likely N-dealkylation sites (tertiary alicyclic amines) is 1. The van der Waals surface area contributed by atoms with Gasteiger partial charge in [-0.1, -0.05) is 30.3 Å². The second-order valence-corrected chi connectivity index (χ2v) is 6.07. The zero-order valence-corrected chi connectivity index (χ0v) is 14.1. The number of carbonyl (C=O) groups is 2. The first kappa shape index (κ1) is 17.0. The molecule has 5 heteroatoms. The molecule has 1 fully saturated rings. The van der Waals surface area contributed by atoms with E-state index in [0.717, 1.165) is 37.2 Å². The molecule has 3 rings (SSSR count). The molecular weight excluding hydrogens is 316 g/mol. The molecule has 1 aliphatic rings. The Labute approximate surface area is 147 Å². The van der Waals surface area contributed by atoms with Crippen molar-refractivity contribution in [2.45, 2.75) is 19.4 Å². The quantitative estimate of drug-likeness (QED) is 0.881. The van der Waals surface area contributed by atoms with Crippen LogP contribution in [0.1, 0.15) is 28.8 Å². The standard InChI is InChI=1S/C20H22N2O3/c23-19(22-12-4-5-13-22)14-21-20(24)17-10-8-16(9-11-17)15-25-18-6-2-1-3-7-18/h1-3,6-11H,4-5,12-15H2,(H,21,24). The lowest BCUT2D eigenvalue weighted by Crippen LogP contribution is -2.38. The molecule has 1 heterocycles. The minimum atomic E-state index is -0.233. The van der Waals surface area contributed by atoms with Crippen molar-refractivity contribution in [3.05, 3.63) is 65.7 Å². The van der Waals surface area contributed by atoms with Gasteiger partial charge in [-0.25, -0.2) is 0 Å². The smallest absolute Gasteiger partial charge is 0.251 e. The van der Waals surface area contributed by atoms with Crippen molar-refractivity contribution in [3.8, 4) is 5.75 Å². The molecule has 0 aromatic heterocycles. The van der Waals surface area contributed by atoms with Gasteiger partial charge in [0, 0.05) is 18.7 Å². The molecule has 1 saturated heterocycles. The predicted octanol–water partition coefficient (Wildman–Crippen LogP) is 2.62. The van der Waals surface area contributed by atoms with Gasteiger partial charge in [0.05, 0.1) is 6.54 Å². The average Bonchev–Trinajstić information content (AvgIpc) is 3.20. The highest BCUT2D eigenvalue weighted by Gasteiger charge is 2.18. The minimum Gasteiger partial charge on any atom is -0.489 e. The third-order valence-corrected chi connectivity index (χ3v) is 4.22. The van der Waals surface area contributed by atoms with Crippen LogP contribution in [0.4, 0.5) is 0 Å². The Morgan fingerprint density at radius 1 is 0.960 bits per heavy atom. The summed E-state index contributed by atoms with van der Waals surface area (Å²) in [5.74, 6) is 0.562. The van der Waals surface area contributed by atoms with Crippen molar-refractivity contribution in [2.24, 2.45) is 0 Å². The molecule has 2 amide bonds. The number of para-hydroxylation sites is 1. The van der Waals surface area contributed by atoms with E-state index in [1.807, 2.05) is 42.5 Å². The van der Waals surface area contributed by atoms with Crippen LogP contribution in [0.5, 0.6) is 5.75 Å². The van der Waals surface area contributed by atoms with E-state index in [0.29, 0.717) is 12.2 Å². The second-order valence-electron chi connectivity index (χ2n) is 6.07. The van der Waals surface area contributed by atoms with Crippen molar-refractivity contribution in [2.75, 3.05) is 19.6 Å². The normalized spacial score (nSPS) is 13.5. The Kier molecular flexibility index (Phi) is 5.67. The van der Waals surface area contributed by atoms with Crippen molar-refractivity contribution < 1.29 is 14.3 Å². The van der Waals surface area contributed by atoms with E-state index in [1.54, 1.807) is 17.0 Å². The number of nitrogens with one attached hydrogen (secondary N) is 1. The second kappa shape index (κ2) is 8.33. The number of benzene rings is 2. The van der Waals surface area contributed by atoms with Gasteiger partial charge in [-0.3, -0.25) is 9.59 Å². The van der Waals surface area contributed by atoms with Crippen LogP contribution in [0.2, 0.25) is 0 Å². The third kappa shape index (κ3) is 4.83. The Hall–Kier alpha value is -2.82. The summed E-state index contributed by atoms with van der Waals surface area (Å²) < 4.78 is 5.68. The zero-order valence-electron chi connectivity index (χ0n) is 14.1. The maximum atomic E-state index is 12.1. The molecule has 130 valence electrons. The van der Waals surface area contributed by atoms with Crippen LogP contribution in [0.25, 0.3) is 0 Å². The molecule has 0 aliphatic carbocycles. The van der Waals surface area contributed by atoms with Gasteiger partial charge in [-0.2, -0.15) is 0 Å². The Bertz CT molecular complexity index is 707. The van der Waals surface area contributed by atoms with Crippen molar-refractivity contribution in [1.29, 1.82) is 0 Å². The fourth-order valence-corrected chi connectivity index (χ4v) is 2.77. The molecule has 2 aromatic rings. The summed E-state index contributed by atoms with van der Waals surface area (Å²) in [5.41, 5.74) is 1.52. The van der Waals surface area contributed by atoms with Gasteiger partial charge < -0.3 is 15.0 Å². The topological polar surface area (TPSA) is 58.6 Å². The minimum absolute atomic E-state index is 0.0151. The predicted molar refractivity (Wildman–Crippen MR) is 95.4 cm³/mol. The van der Waals surface area contributed by atoms with Gasteiger partial charge in [0.25, 0.3) is 5.91 Å². The summed E-state index contributed by atoms with van der Waals surface area (Å²) in [5, 5.41) is 2.69. The molecule has 1 N–H and O–H groups in total. The molecule has 0 spiro atoms. The monoisotopic (exact) mass is 338 g/mol. The molecule has 5 nitrogen and oxygen atoms in total. The van der Waals surface area contributed by atoms with Crippen LogP contribution in [0.15, 0.2) is 54.6 Å². The lowest BCUT2D eigenvalue weighted by molar-refractivity contribution is -0.129. The summed E-state index contributed by atoms with van der Waals surface area (Å²) in [7, 11) is 0. The number of ether oxygens (including phenoxy) is 1. The van der Waals surface area contributed by atoms with Crippen LogP contribution >= 0.6 is 0 Å². The van der Waals surface area contributed by atoms with Crippen LogP contribution in [-0.4, -0.2) is 36.3 Å². The van der Waals surface area contributed by atoms with E-state index < -0.39 is 0 Å². The maximum absolute atomic E-state index is 12.1. The van der Waals surface area contributed by atoms with E-state index >= 15 is 0 Å². The summed E-state index contributed by atoms with van der Waals surface area (Å²) in [4.78, 5) is 25.9. The Balaban J connectivity index is 1.47. The van der Waals surface area contributed by atoms with Gasteiger partial charge >= 0.3 is 0 Å². The van der Waals surface area contributed by atoms with Gasteiger partial charge in [0.2, 0.25) is 5.91 Å². The number of carbonyl (C=O) groups excluding carboxylic acids is 2. The van der Waals surface area contributed by atoms with E-state index in [1.165, 1.54) is 0 Å². The molecule has 25 heavy (non-hydrogen) atoms. The largest absolute Gasteiger partial charge is 0.489 e. The summed E-state index contributed by atoms with van der Waals surface area (Å²) in [6, 6.07) is 16.8. The molecule has 0 saturated carbocycles. The first-order valence-corrected chi connectivity index (χ1v) is 8.55. The van der Waals surface area contributed by atoms with Crippen molar-refractivity contribution >= 4 is 11.8 Å². The Morgan fingerprint density at radius 3 is 2.32 bits per heavy atom. The molecule has 1 aliphatic heterocycles. The van der Waals surface area contributed by atoms with E-state index in [4.69, 9.17) is 4.74 Å². The van der Waals surface area contributed by atoms with Gasteiger partial charge in [-0.15, -0.1) is 0 Å². The number of hydrogen-bond donors (Lipinski definition) is 1. The first-order valence-electron chi connectivity index (χ1n) is 8.55. The van der Waals surface area contributed by atoms with E-state index in [9.17, 15) is 9.59 Å². The van der Waals surface area contributed by atoms with E-state index in [-0.39, 0.29) is 18.4 Å². The number of amides is 2. The SMILES string of the molecule is O=C(NCC(=O)N1CCCC1)c1ccc(COc2ccccc2)cc1. The highest BCUT2D eigenvalue weighted by atomic mass is 16.5. The van der Waals surface area contributed by atoms with Gasteiger partial charge in [0.15, 0.2) is 0 Å². The summed E-state index contributed by atoms with van der Waals surface area (Å²) in [6.07, 6.45) is 2.10. The first-order chi connectivity index (χ1) is 12.2. The molecule has 0 bridgehead atoms. The highest BCUT2D eigenvalue weighted by Crippen LogP contribution is 2.12. The van der Waals surface area contributed by atoms with Crippen LogP contribution in [0, 0.1) is 0 Å². The third-order valence-electron chi connectivity index (χ3n) is 4.22. The van der Waals surface area contributed by atoms with Gasteiger partial charge in [0.1, 0.15) is 12.4 Å². The van der Waals surface area contributed by atoms with Crippen molar-refractivity contribution in [3.63, 3.8) is 0 Å². The fourth-order valence-electron chi connectivity index (χ4n) is 2.77. The number of nitrogens with zero attached hydrogens (tertiary/aromatic N) is 1. The molecule has 2 aromatic carbocycles. The van der Waals surface area contributed by atoms with Crippen LogP contribution < -0.4 is 10.1 Å². The highest BCUT2D eigenvalue weighted by molar-refractivity contribution is 5.96. The lowest BCUT2D eigenvalue weighted by Gasteiger charge is -2.15. The summed E-state index contributed by atoms with van der Waals surface area (Å²) in [6.45, 7) is 2.09. The van der Waals surface area contributed by atoms with Crippen LogP contribution in [-0.2, 0) is 11.4 Å². The average molecular weight is 338 g/mol. The molecule has 0 radical (unpaired) electrons. The molecule has 0 atom stereocenters. The number of hydrogen-bond acceptors (Lipinski definition) is 3. The molecule has 0 unspecified atom stereocenters. The lowest BCUT2D eigenvalue weighted by atomic mass is 10.1. The van der Waals surface area contributed by atoms with Crippen LogP contribution in [0.3, 0.4) is 0 Å².